The van der Waals surface area contributed by atoms with E-state index in [1.165, 1.54) is 12.3 Å². The van der Waals surface area contributed by atoms with Gasteiger partial charge in [-0.1, -0.05) is 6.07 Å². The van der Waals surface area contributed by atoms with Crippen molar-refractivity contribution in [1.82, 2.24) is 14.8 Å². The van der Waals surface area contributed by atoms with E-state index in [-0.39, 0.29) is 5.82 Å². The lowest BCUT2D eigenvalue weighted by atomic mass is 10.1. The number of aromatic nitrogens is 3. The number of hydrogen-bond donors (Lipinski definition) is 2. The molecule has 120 valence electrons. The van der Waals surface area contributed by atoms with Crippen molar-refractivity contribution in [3.05, 3.63) is 46.5 Å². The smallest absolute Gasteiger partial charge is 0.309 e. The summed E-state index contributed by atoms with van der Waals surface area (Å²) in [4.78, 5) is 27.3. The monoisotopic (exact) mass is 325 g/mol. The molecule has 0 saturated carbocycles. The Bertz CT molecular complexity index is 788. The molecular formula is C13H10F3N5O2. The van der Waals surface area contributed by atoms with Crippen LogP contribution >= 0.6 is 0 Å². The highest BCUT2D eigenvalue weighted by molar-refractivity contribution is 5.93. The molecule has 7 nitrogen and oxygen atoms in total. The van der Waals surface area contributed by atoms with Gasteiger partial charge in [-0.2, -0.15) is 18.4 Å². The van der Waals surface area contributed by atoms with Crippen LogP contribution in [0.4, 0.5) is 19.0 Å². The first-order valence-corrected chi connectivity index (χ1v) is 6.30. The third-order valence-corrected chi connectivity index (χ3v) is 2.85. The Kier molecular flexibility index (Phi) is 4.49. The van der Waals surface area contributed by atoms with E-state index in [2.05, 4.69) is 10.3 Å². The van der Waals surface area contributed by atoms with Crippen LogP contribution in [0.3, 0.4) is 0 Å². The van der Waals surface area contributed by atoms with Gasteiger partial charge in [-0.15, -0.1) is 0 Å². The fourth-order valence-electron chi connectivity index (χ4n) is 1.73. The summed E-state index contributed by atoms with van der Waals surface area (Å²) < 4.78 is 38.1. The molecule has 0 bridgehead atoms. The zero-order valence-electron chi connectivity index (χ0n) is 11.5. The summed E-state index contributed by atoms with van der Waals surface area (Å²) in [5.41, 5.74) is -2.23. The topological polar surface area (TPSA) is 104 Å². The van der Waals surface area contributed by atoms with Gasteiger partial charge in [0.1, 0.15) is 17.4 Å². The molecule has 0 radical (unpaired) electrons. The molecule has 23 heavy (non-hydrogen) atoms. The molecule has 2 N–H and O–H groups in total. The molecule has 1 amide bonds. The first-order chi connectivity index (χ1) is 10.8. The fourth-order valence-corrected chi connectivity index (χ4v) is 1.73. The summed E-state index contributed by atoms with van der Waals surface area (Å²) >= 11 is 0. The van der Waals surface area contributed by atoms with Gasteiger partial charge in [0.05, 0.1) is 12.6 Å². The summed E-state index contributed by atoms with van der Waals surface area (Å²) in [5.74, 6) is -1.96. The van der Waals surface area contributed by atoms with Gasteiger partial charge in [0.2, 0.25) is 5.91 Å². The van der Waals surface area contributed by atoms with Gasteiger partial charge >= 0.3 is 6.18 Å². The minimum atomic E-state index is -4.72. The van der Waals surface area contributed by atoms with Crippen LogP contribution in [0, 0.1) is 17.2 Å². The number of halogens is 3. The zero-order chi connectivity index (χ0) is 17.0. The number of anilines is 1. The lowest BCUT2D eigenvalue weighted by molar-refractivity contribution is -0.141. The Hall–Kier alpha value is -3.09. The first-order valence-electron chi connectivity index (χ1n) is 6.30. The standard InChI is InChI=1S/C13H10F3N5O2/c14-13(15,16)9-5-11(22)21(20-9)7-8(6-17)12(23)19-10-3-1-2-4-18-10/h1-5,8,20H,7H2,(H,18,19,23)/t8-/m0/s1. The van der Waals surface area contributed by atoms with Gasteiger partial charge in [0.15, 0.2) is 0 Å². The van der Waals surface area contributed by atoms with Crippen molar-refractivity contribution < 1.29 is 18.0 Å². The van der Waals surface area contributed by atoms with Gasteiger partial charge in [-0.3, -0.25) is 19.4 Å². The molecule has 0 aliphatic rings. The maximum Gasteiger partial charge on any atom is 0.432 e. The fraction of sp³-hybridized carbons (Fsp3) is 0.231. The van der Waals surface area contributed by atoms with E-state index in [1.54, 1.807) is 18.2 Å². The normalized spacial score (nSPS) is 12.4. The van der Waals surface area contributed by atoms with Crippen LogP contribution in [0.5, 0.6) is 0 Å². The summed E-state index contributed by atoms with van der Waals surface area (Å²) in [6, 6.07) is 6.72. The quantitative estimate of drug-likeness (QED) is 0.886. The van der Waals surface area contributed by atoms with Gasteiger partial charge in [0, 0.05) is 12.3 Å². The summed E-state index contributed by atoms with van der Waals surface area (Å²) in [6.45, 7) is -0.538. The number of H-pyrrole nitrogens is 1. The molecule has 2 heterocycles. The van der Waals surface area contributed by atoms with Crippen molar-refractivity contribution in [3.8, 4) is 6.07 Å². The molecule has 0 spiro atoms. The number of pyridine rings is 1. The Balaban J connectivity index is 2.14. The molecule has 0 unspecified atom stereocenters. The van der Waals surface area contributed by atoms with Crippen LogP contribution in [0.1, 0.15) is 5.69 Å². The van der Waals surface area contributed by atoms with Crippen LogP contribution in [0.15, 0.2) is 35.3 Å². The molecule has 2 aromatic heterocycles. The van der Waals surface area contributed by atoms with E-state index in [1.807, 2.05) is 5.10 Å². The van der Waals surface area contributed by atoms with E-state index in [4.69, 9.17) is 5.26 Å². The Morgan fingerprint density at radius 2 is 2.22 bits per heavy atom. The molecule has 0 aliphatic carbocycles. The molecule has 2 rings (SSSR count). The van der Waals surface area contributed by atoms with Crippen molar-refractivity contribution in [2.45, 2.75) is 12.7 Å². The van der Waals surface area contributed by atoms with Gasteiger partial charge in [-0.05, 0) is 12.1 Å². The average molecular weight is 325 g/mol. The van der Waals surface area contributed by atoms with Crippen LogP contribution in [0.25, 0.3) is 0 Å². The number of carbonyl (C=O) groups excluding carboxylic acids is 1. The van der Waals surface area contributed by atoms with Crippen LogP contribution < -0.4 is 10.9 Å². The molecule has 1 atom stereocenters. The predicted molar refractivity (Wildman–Crippen MR) is 72.0 cm³/mol. The van der Waals surface area contributed by atoms with Gasteiger partial charge in [-0.25, -0.2) is 4.98 Å². The minimum absolute atomic E-state index is 0.188. The maximum atomic E-state index is 12.5. The summed E-state index contributed by atoms with van der Waals surface area (Å²) in [6.07, 6.45) is -3.30. The van der Waals surface area contributed by atoms with Crippen molar-refractivity contribution >= 4 is 11.7 Å². The Morgan fingerprint density at radius 3 is 2.74 bits per heavy atom. The lowest BCUT2D eigenvalue weighted by Crippen LogP contribution is -2.29. The molecular weight excluding hydrogens is 315 g/mol. The van der Waals surface area contributed by atoms with Crippen LogP contribution in [-0.4, -0.2) is 20.7 Å². The van der Waals surface area contributed by atoms with E-state index < -0.39 is 35.8 Å². The summed E-state index contributed by atoms with van der Waals surface area (Å²) in [5, 5.41) is 13.2. The zero-order valence-corrected chi connectivity index (χ0v) is 11.5. The van der Waals surface area contributed by atoms with E-state index in [0.29, 0.717) is 10.7 Å². The summed E-state index contributed by atoms with van der Waals surface area (Å²) in [7, 11) is 0. The third-order valence-electron chi connectivity index (χ3n) is 2.85. The SMILES string of the molecule is N#C[C@@H](Cn1[nH]c(C(F)(F)F)cc1=O)C(=O)Nc1ccccn1. The van der Waals surface area contributed by atoms with Crippen LogP contribution in [-0.2, 0) is 17.5 Å². The molecule has 0 fully saturated rings. The second-order valence-corrected chi connectivity index (χ2v) is 4.50. The van der Waals surface area contributed by atoms with Crippen molar-refractivity contribution in [1.29, 1.82) is 5.26 Å². The maximum absolute atomic E-state index is 12.5. The molecule has 10 heteroatoms. The number of amides is 1. The highest BCUT2D eigenvalue weighted by Crippen LogP contribution is 2.26. The van der Waals surface area contributed by atoms with Crippen LogP contribution in [0.2, 0.25) is 0 Å². The number of nitrogens with one attached hydrogen (secondary N) is 2. The number of carbonyl (C=O) groups is 1. The lowest BCUT2D eigenvalue weighted by Gasteiger charge is -2.10. The van der Waals surface area contributed by atoms with Crippen molar-refractivity contribution in [3.63, 3.8) is 0 Å². The highest BCUT2D eigenvalue weighted by Gasteiger charge is 2.34. The van der Waals surface area contributed by atoms with Crippen molar-refractivity contribution in [2.75, 3.05) is 5.32 Å². The molecule has 0 aliphatic heterocycles. The second-order valence-electron chi connectivity index (χ2n) is 4.50. The number of alkyl halides is 3. The number of aromatic amines is 1. The van der Waals surface area contributed by atoms with E-state index in [0.717, 1.165) is 0 Å². The second kappa shape index (κ2) is 6.35. The number of nitrogens with zero attached hydrogens (tertiary/aromatic N) is 3. The Labute approximate surface area is 127 Å². The highest BCUT2D eigenvalue weighted by atomic mass is 19.4. The molecule has 2 aromatic rings. The first kappa shape index (κ1) is 16.3. The van der Waals surface area contributed by atoms with Gasteiger partial charge in [0.25, 0.3) is 5.56 Å². The van der Waals surface area contributed by atoms with Gasteiger partial charge < -0.3 is 5.32 Å². The molecule has 0 aromatic carbocycles. The largest absolute Gasteiger partial charge is 0.432 e. The van der Waals surface area contributed by atoms with E-state index in [9.17, 15) is 22.8 Å². The van der Waals surface area contributed by atoms with Crippen molar-refractivity contribution in [2.24, 2.45) is 5.92 Å². The number of hydrogen-bond acceptors (Lipinski definition) is 4. The third kappa shape index (κ3) is 3.97. The molecule has 0 saturated heterocycles. The van der Waals surface area contributed by atoms with E-state index >= 15 is 0 Å². The number of rotatable bonds is 4. The number of nitriles is 1. The average Bonchev–Trinajstić information content (AvgIpc) is 2.87. The Morgan fingerprint density at radius 1 is 1.48 bits per heavy atom. The predicted octanol–water partition coefficient (Wildman–Crippen LogP) is 1.37. The minimum Gasteiger partial charge on any atom is -0.309 e.